The third-order valence-corrected chi connectivity index (χ3v) is 6.84. The lowest BCUT2D eigenvalue weighted by Gasteiger charge is -2.11. The number of rotatable bonds is 10. The van der Waals surface area contributed by atoms with Crippen molar-refractivity contribution in [1.82, 2.24) is 0 Å². The van der Waals surface area contributed by atoms with Crippen molar-refractivity contribution in [1.29, 1.82) is 0 Å². The standard InChI is InChI=1S/C38H24N2O8/c1-3-23-5-19-31(37(43)44)33(21-23)35(41)39-25-7-11-27(12-8-25)47-29-15-17-30(18-16-29)48-28-13-9-26(10-14-28)40-36(42)34-22-24(4-2)6-20-32(34)38(45)46/h1-2,5-22H,(H,39,41)(H,40,42)(H,43,44)(H,45,46). The molecule has 10 nitrogen and oxygen atoms in total. The highest BCUT2D eigenvalue weighted by Crippen LogP contribution is 2.28. The first kappa shape index (κ1) is 32.1. The Labute approximate surface area is 274 Å². The molecule has 5 aromatic rings. The summed E-state index contributed by atoms with van der Waals surface area (Å²) in [7, 11) is 0. The number of anilines is 2. The number of benzene rings is 5. The minimum atomic E-state index is -1.24. The molecule has 10 heteroatoms. The number of carboxylic acid groups (broad SMARTS) is 2. The highest BCUT2D eigenvalue weighted by atomic mass is 16.5. The van der Waals surface area contributed by atoms with Crippen LogP contribution in [0.4, 0.5) is 11.4 Å². The average molecular weight is 637 g/mol. The summed E-state index contributed by atoms with van der Waals surface area (Å²) < 4.78 is 11.8. The molecule has 5 aromatic carbocycles. The molecule has 0 saturated carbocycles. The number of hydrogen-bond acceptors (Lipinski definition) is 6. The molecule has 0 saturated heterocycles. The lowest BCUT2D eigenvalue weighted by atomic mass is 10.0. The maximum absolute atomic E-state index is 12.8. The number of carboxylic acids is 2. The minimum absolute atomic E-state index is 0.0536. The smallest absolute Gasteiger partial charge is 0.336 e. The van der Waals surface area contributed by atoms with Gasteiger partial charge in [0.2, 0.25) is 0 Å². The maximum atomic E-state index is 12.8. The second-order valence-electron chi connectivity index (χ2n) is 10.1. The molecule has 0 radical (unpaired) electrons. The van der Waals surface area contributed by atoms with Crippen LogP contribution in [0.2, 0.25) is 0 Å². The van der Waals surface area contributed by atoms with Crippen LogP contribution in [0, 0.1) is 24.7 Å². The summed E-state index contributed by atoms with van der Waals surface area (Å²) in [6.45, 7) is 0. The summed E-state index contributed by atoms with van der Waals surface area (Å²) in [5.74, 6) is 3.07. The van der Waals surface area contributed by atoms with Crippen LogP contribution in [0.1, 0.15) is 52.6 Å². The maximum Gasteiger partial charge on any atom is 0.336 e. The van der Waals surface area contributed by atoms with Crippen LogP contribution in [0.15, 0.2) is 109 Å². The first-order valence-corrected chi connectivity index (χ1v) is 14.1. The van der Waals surface area contributed by atoms with Gasteiger partial charge in [-0.3, -0.25) is 9.59 Å². The lowest BCUT2D eigenvalue weighted by molar-refractivity contribution is 0.0683. The lowest BCUT2D eigenvalue weighted by Crippen LogP contribution is -2.16. The largest absolute Gasteiger partial charge is 0.478 e. The zero-order chi connectivity index (χ0) is 34.2. The van der Waals surface area contributed by atoms with Crippen LogP contribution in [-0.4, -0.2) is 34.0 Å². The van der Waals surface area contributed by atoms with Gasteiger partial charge in [0.15, 0.2) is 0 Å². The molecule has 0 spiro atoms. The summed E-state index contributed by atoms with van der Waals surface area (Å²) in [6, 6.07) is 28.0. The highest BCUT2D eigenvalue weighted by molar-refractivity contribution is 6.11. The molecule has 2 amide bonds. The Morgan fingerprint density at radius 2 is 0.792 bits per heavy atom. The van der Waals surface area contributed by atoms with Crippen LogP contribution in [-0.2, 0) is 0 Å². The molecule has 0 aliphatic rings. The van der Waals surface area contributed by atoms with Gasteiger partial charge in [0.05, 0.1) is 22.3 Å². The van der Waals surface area contributed by atoms with Crippen LogP contribution >= 0.6 is 0 Å². The van der Waals surface area contributed by atoms with Gasteiger partial charge < -0.3 is 30.3 Å². The number of carbonyl (C=O) groups excluding carboxylic acids is 2. The van der Waals surface area contributed by atoms with E-state index in [0.717, 1.165) is 0 Å². The van der Waals surface area contributed by atoms with Gasteiger partial charge in [-0.2, -0.15) is 0 Å². The van der Waals surface area contributed by atoms with Crippen molar-refractivity contribution in [2.75, 3.05) is 10.6 Å². The van der Waals surface area contributed by atoms with E-state index in [1.54, 1.807) is 72.8 Å². The van der Waals surface area contributed by atoms with Gasteiger partial charge in [-0.15, -0.1) is 12.8 Å². The fraction of sp³-hybridized carbons (Fsp3) is 0. The number of aromatic carboxylic acids is 2. The minimum Gasteiger partial charge on any atom is -0.478 e. The first-order valence-electron chi connectivity index (χ1n) is 14.1. The third-order valence-electron chi connectivity index (χ3n) is 6.84. The molecule has 0 unspecified atom stereocenters. The van der Waals surface area contributed by atoms with E-state index < -0.39 is 23.8 Å². The summed E-state index contributed by atoms with van der Waals surface area (Å²) in [5, 5.41) is 24.2. The molecule has 48 heavy (non-hydrogen) atoms. The Hall–Kier alpha value is -7.30. The third kappa shape index (κ3) is 7.67. The number of nitrogens with one attached hydrogen (secondary N) is 2. The van der Waals surface area contributed by atoms with E-state index in [1.165, 1.54) is 36.4 Å². The SMILES string of the molecule is C#Cc1ccc(C(=O)O)c(C(=O)Nc2ccc(Oc3ccc(Oc4ccc(NC(=O)c5cc(C#C)ccc5C(=O)O)cc4)cc3)cc2)c1. The second-order valence-corrected chi connectivity index (χ2v) is 10.1. The van der Waals surface area contributed by atoms with E-state index in [2.05, 4.69) is 22.5 Å². The summed E-state index contributed by atoms with van der Waals surface area (Å²) >= 11 is 0. The molecule has 0 atom stereocenters. The van der Waals surface area contributed by atoms with E-state index in [0.29, 0.717) is 45.5 Å². The molecule has 0 aliphatic carbocycles. The van der Waals surface area contributed by atoms with Crippen LogP contribution < -0.4 is 20.1 Å². The Morgan fingerprint density at radius 3 is 1.08 bits per heavy atom. The number of amides is 2. The molecule has 0 bridgehead atoms. The highest BCUT2D eigenvalue weighted by Gasteiger charge is 2.19. The molecule has 5 rings (SSSR count). The number of terminal acetylenes is 2. The molecule has 0 heterocycles. The number of ether oxygens (including phenoxy) is 2. The van der Waals surface area contributed by atoms with Crippen LogP contribution in [0.5, 0.6) is 23.0 Å². The fourth-order valence-electron chi connectivity index (χ4n) is 4.47. The average Bonchev–Trinajstić information content (AvgIpc) is 3.10. The molecule has 0 fully saturated rings. The van der Waals surface area contributed by atoms with Gasteiger partial charge in [0, 0.05) is 22.5 Å². The van der Waals surface area contributed by atoms with Crippen molar-refractivity contribution in [3.8, 4) is 47.7 Å². The van der Waals surface area contributed by atoms with Crippen molar-refractivity contribution in [2.45, 2.75) is 0 Å². The molecule has 0 aromatic heterocycles. The predicted octanol–water partition coefficient (Wildman–Crippen LogP) is 7.13. The normalized spacial score (nSPS) is 10.1. The summed E-state index contributed by atoms with van der Waals surface area (Å²) in [5.41, 5.74) is 1.17. The Morgan fingerprint density at radius 1 is 0.479 bits per heavy atom. The predicted molar refractivity (Wildman–Crippen MR) is 178 cm³/mol. The number of carbonyl (C=O) groups is 4. The first-order chi connectivity index (χ1) is 23.1. The molecule has 0 aliphatic heterocycles. The molecule has 234 valence electrons. The van der Waals surface area contributed by atoms with E-state index in [-0.39, 0.29) is 22.3 Å². The van der Waals surface area contributed by atoms with Crippen molar-refractivity contribution < 1.29 is 38.9 Å². The molecular weight excluding hydrogens is 612 g/mol. The van der Waals surface area contributed by atoms with Crippen molar-refractivity contribution >= 4 is 35.1 Å². The monoisotopic (exact) mass is 636 g/mol. The zero-order valence-electron chi connectivity index (χ0n) is 24.9. The van der Waals surface area contributed by atoms with E-state index in [9.17, 15) is 29.4 Å². The quantitative estimate of drug-likeness (QED) is 0.118. The van der Waals surface area contributed by atoms with Gasteiger partial charge in [0.25, 0.3) is 11.8 Å². The van der Waals surface area contributed by atoms with Gasteiger partial charge >= 0.3 is 11.9 Å². The summed E-state index contributed by atoms with van der Waals surface area (Å²) in [6.07, 6.45) is 10.8. The van der Waals surface area contributed by atoms with Crippen molar-refractivity contribution in [3.05, 3.63) is 143 Å². The van der Waals surface area contributed by atoms with Gasteiger partial charge in [-0.1, -0.05) is 11.8 Å². The van der Waals surface area contributed by atoms with Gasteiger partial charge in [0.1, 0.15) is 23.0 Å². The van der Waals surface area contributed by atoms with E-state index in [1.807, 2.05) is 0 Å². The van der Waals surface area contributed by atoms with Gasteiger partial charge in [-0.25, -0.2) is 9.59 Å². The van der Waals surface area contributed by atoms with E-state index in [4.69, 9.17) is 22.3 Å². The Balaban J connectivity index is 1.17. The fourth-order valence-corrected chi connectivity index (χ4v) is 4.47. The number of hydrogen-bond donors (Lipinski definition) is 4. The van der Waals surface area contributed by atoms with E-state index >= 15 is 0 Å². The second kappa shape index (κ2) is 14.2. The van der Waals surface area contributed by atoms with Crippen LogP contribution in [0.3, 0.4) is 0 Å². The molecular formula is C38H24N2O8. The topological polar surface area (TPSA) is 151 Å². The van der Waals surface area contributed by atoms with Crippen LogP contribution in [0.25, 0.3) is 0 Å². The Kier molecular flexibility index (Phi) is 9.50. The zero-order valence-corrected chi connectivity index (χ0v) is 24.9. The molecule has 4 N–H and O–H groups in total. The van der Waals surface area contributed by atoms with Crippen molar-refractivity contribution in [3.63, 3.8) is 0 Å². The van der Waals surface area contributed by atoms with Crippen molar-refractivity contribution in [2.24, 2.45) is 0 Å². The Bertz CT molecular complexity index is 1970. The van der Waals surface area contributed by atoms with Gasteiger partial charge in [-0.05, 0) is 109 Å². The summed E-state index contributed by atoms with van der Waals surface area (Å²) in [4.78, 5) is 48.7.